The predicted molar refractivity (Wildman–Crippen MR) is 71.5 cm³/mol. The van der Waals surface area contributed by atoms with E-state index in [1.807, 2.05) is 38.1 Å². The molecule has 0 unspecified atom stereocenters. The Kier molecular flexibility index (Phi) is 5.65. The first-order valence-corrected chi connectivity index (χ1v) is 6.48. The van der Waals surface area contributed by atoms with Crippen molar-refractivity contribution in [2.45, 2.75) is 20.4 Å². The molecule has 0 fully saturated rings. The van der Waals surface area contributed by atoms with E-state index in [4.69, 9.17) is 5.11 Å². The number of aliphatic hydroxyl groups is 1. The quantitative estimate of drug-likeness (QED) is 0.907. The molecule has 0 bridgehead atoms. The summed E-state index contributed by atoms with van der Waals surface area (Å²) in [7, 11) is 0. The summed E-state index contributed by atoms with van der Waals surface area (Å²) in [6.45, 7) is 4.65. The normalized spacial score (nSPS) is 10.6. The molecule has 4 heteroatoms. The number of aliphatic hydroxyl groups excluding tert-OH is 1. The lowest BCUT2D eigenvalue weighted by molar-refractivity contribution is -0.135. The van der Waals surface area contributed by atoms with Crippen LogP contribution < -0.4 is 0 Å². The number of amides is 1. The van der Waals surface area contributed by atoms with Crippen molar-refractivity contribution in [3.8, 4) is 0 Å². The molecule has 0 aliphatic heterocycles. The van der Waals surface area contributed by atoms with E-state index in [1.165, 1.54) is 0 Å². The van der Waals surface area contributed by atoms with Gasteiger partial charge in [0.2, 0.25) is 5.91 Å². The van der Waals surface area contributed by atoms with E-state index in [0.717, 1.165) is 10.0 Å². The molecule has 0 aliphatic rings. The minimum atomic E-state index is -0.0475. The number of carbonyl (C=O) groups excluding carboxylic acids is 1. The lowest BCUT2D eigenvalue weighted by atomic mass is 10.1. The summed E-state index contributed by atoms with van der Waals surface area (Å²) in [6, 6.07) is 7.85. The monoisotopic (exact) mass is 299 g/mol. The van der Waals surface area contributed by atoms with Gasteiger partial charge >= 0.3 is 0 Å². The average molecular weight is 300 g/mol. The second-order valence-electron chi connectivity index (χ2n) is 4.27. The molecule has 0 atom stereocenters. The standard InChI is InChI=1S/C13H18BrNO2/c1-10(2)13(17)15(6-7-16)9-11-4-3-5-12(14)8-11/h3-5,8,10,16H,6-7,9H2,1-2H3. The van der Waals surface area contributed by atoms with Gasteiger partial charge in [-0.2, -0.15) is 0 Å². The van der Waals surface area contributed by atoms with Crippen LogP contribution >= 0.6 is 15.9 Å². The Morgan fingerprint density at radius 1 is 1.47 bits per heavy atom. The van der Waals surface area contributed by atoms with Crippen LogP contribution in [0.5, 0.6) is 0 Å². The third-order valence-corrected chi connectivity index (χ3v) is 2.93. The summed E-state index contributed by atoms with van der Waals surface area (Å²) in [5, 5.41) is 9.00. The van der Waals surface area contributed by atoms with Gasteiger partial charge in [-0.05, 0) is 17.7 Å². The number of benzene rings is 1. The van der Waals surface area contributed by atoms with Gasteiger partial charge < -0.3 is 10.0 Å². The first-order valence-electron chi connectivity index (χ1n) is 5.68. The number of hydrogen-bond donors (Lipinski definition) is 1. The van der Waals surface area contributed by atoms with Crippen molar-refractivity contribution in [3.63, 3.8) is 0 Å². The minimum absolute atomic E-state index is 0.00748. The zero-order valence-corrected chi connectivity index (χ0v) is 11.8. The smallest absolute Gasteiger partial charge is 0.225 e. The second kappa shape index (κ2) is 6.77. The van der Waals surface area contributed by atoms with Gasteiger partial charge in [0.05, 0.1) is 6.61 Å². The van der Waals surface area contributed by atoms with Crippen LogP contribution in [0.2, 0.25) is 0 Å². The fraction of sp³-hybridized carbons (Fsp3) is 0.462. The van der Waals surface area contributed by atoms with E-state index in [2.05, 4.69) is 15.9 Å². The summed E-state index contributed by atoms with van der Waals surface area (Å²) in [4.78, 5) is 13.6. The van der Waals surface area contributed by atoms with Gasteiger partial charge in [0, 0.05) is 23.5 Å². The molecule has 1 N–H and O–H groups in total. The predicted octanol–water partition coefficient (Wildman–Crippen LogP) is 2.43. The number of rotatable bonds is 5. The van der Waals surface area contributed by atoms with Crippen LogP contribution in [0, 0.1) is 5.92 Å². The molecule has 0 spiro atoms. The summed E-state index contributed by atoms with van der Waals surface area (Å²) >= 11 is 3.40. The molecule has 94 valence electrons. The lowest BCUT2D eigenvalue weighted by Gasteiger charge is -2.23. The largest absolute Gasteiger partial charge is 0.395 e. The fourth-order valence-electron chi connectivity index (χ4n) is 1.61. The van der Waals surface area contributed by atoms with Crippen molar-refractivity contribution < 1.29 is 9.90 Å². The first kappa shape index (κ1) is 14.2. The maximum Gasteiger partial charge on any atom is 0.225 e. The van der Waals surface area contributed by atoms with Crippen LogP contribution in [0.25, 0.3) is 0 Å². The fourth-order valence-corrected chi connectivity index (χ4v) is 2.06. The molecular weight excluding hydrogens is 282 g/mol. The van der Waals surface area contributed by atoms with Gasteiger partial charge in [0.25, 0.3) is 0 Å². The SMILES string of the molecule is CC(C)C(=O)N(CCO)Cc1cccc(Br)c1. The summed E-state index contributed by atoms with van der Waals surface area (Å²) in [6.07, 6.45) is 0. The lowest BCUT2D eigenvalue weighted by Crippen LogP contribution is -2.35. The molecule has 1 aromatic rings. The molecule has 0 aliphatic carbocycles. The Labute approximate surface area is 111 Å². The highest BCUT2D eigenvalue weighted by molar-refractivity contribution is 9.10. The highest BCUT2D eigenvalue weighted by atomic mass is 79.9. The van der Waals surface area contributed by atoms with Gasteiger partial charge in [-0.3, -0.25) is 4.79 Å². The van der Waals surface area contributed by atoms with Crippen LogP contribution in [0.4, 0.5) is 0 Å². The van der Waals surface area contributed by atoms with E-state index >= 15 is 0 Å². The molecule has 0 saturated carbocycles. The van der Waals surface area contributed by atoms with Crippen molar-refractivity contribution in [2.24, 2.45) is 5.92 Å². The molecule has 0 saturated heterocycles. The second-order valence-corrected chi connectivity index (χ2v) is 5.18. The van der Waals surface area contributed by atoms with Crippen molar-refractivity contribution >= 4 is 21.8 Å². The van der Waals surface area contributed by atoms with E-state index in [9.17, 15) is 4.79 Å². The number of halogens is 1. The van der Waals surface area contributed by atoms with Gasteiger partial charge in [-0.1, -0.05) is 41.9 Å². The molecule has 1 aromatic carbocycles. The van der Waals surface area contributed by atoms with E-state index in [1.54, 1.807) is 4.90 Å². The number of hydrogen-bond acceptors (Lipinski definition) is 2. The van der Waals surface area contributed by atoms with Crippen LogP contribution in [0.15, 0.2) is 28.7 Å². The van der Waals surface area contributed by atoms with Gasteiger partial charge in [0.1, 0.15) is 0 Å². The molecule has 0 radical (unpaired) electrons. The van der Waals surface area contributed by atoms with Crippen molar-refractivity contribution in [1.82, 2.24) is 4.90 Å². The molecule has 0 aromatic heterocycles. The summed E-state index contributed by atoms with van der Waals surface area (Å²) in [5.74, 6) is 0.0210. The summed E-state index contributed by atoms with van der Waals surface area (Å²) < 4.78 is 0.996. The third-order valence-electron chi connectivity index (χ3n) is 2.44. The maximum atomic E-state index is 11.9. The molecular formula is C13H18BrNO2. The van der Waals surface area contributed by atoms with Crippen LogP contribution in [-0.2, 0) is 11.3 Å². The third kappa shape index (κ3) is 4.48. The Balaban J connectivity index is 2.76. The van der Waals surface area contributed by atoms with E-state index in [0.29, 0.717) is 13.1 Å². The van der Waals surface area contributed by atoms with Crippen molar-refractivity contribution in [3.05, 3.63) is 34.3 Å². The molecule has 1 rings (SSSR count). The Bertz CT molecular complexity index is 379. The van der Waals surface area contributed by atoms with Crippen LogP contribution in [0.3, 0.4) is 0 Å². The Morgan fingerprint density at radius 3 is 2.71 bits per heavy atom. The minimum Gasteiger partial charge on any atom is -0.395 e. The average Bonchev–Trinajstić information content (AvgIpc) is 2.27. The molecule has 1 amide bonds. The van der Waals surface area contributed by atoms with E-state index < -0.39 is 0 Å². The van der Waals surface area contributed by atoms with E-state index in [-0.39, 0.29) is 18.4 Å². The van der Waals surface area contributed by atoms with Gasteiger partial charge in [-0.15, -0.1) is 0 Å². The zero-order chi connectivity index (χ0) is 12.8. The zero-order valence-electron chi connectivity index (χ0n) is 10.2. The Hall–Kier alpha value is -0.870. The first-order chi connectivity index (χ1) is 8.04. The van der Waals surface area contributed by atoms with Gasteiger partial charge in [0.15, 0.2) is 0 Å². The number of carbonyl (C=O) groups is 1. The van der Waals surface area contributed by atoms with Crippen LogP contribution in [0.1, 0.15) is 19.4 Å². The summed E-state index contributed by atoms with van der Waals surface area (Å²) in [5.41, 5.74) is 1.06. The molecule has 3 nitrogen and oxygen atoms in total. The molecule has 17 heavy (non-hydrogen) atoms. The van der Waals surface area contributed by atoms with Crippen LogP contribution in [-0.4, -0.2) is 29.1 Å². The maximum absolute atomic E-state index is 11.9. The molecule has 0 heterocycles. The van der Waals surface area contributed by atoms with Crippen molar-refractivity contribution in [2.75, 3.05) is 13.2 Å². The highest BCUT2D eigenvalue weighted by Gasteiger charge is 2.16. The van der Waals surface area contributed by atoms with Crippen molar-refractivity contribution in [1.29, 1.82) is 0 Å². The topological polar surface area (TPSA) is 40.5 Å². The van der Waals surface area contributed by atoms with Gasteiger partial charge in [-0.25, -0.2) is 0 Å². The Morgan fingerprint density at radius 2 is 2.18 bits per heavy atom. The number of nitrogens with zero attached hydrogens (tertiary/aromatic N) is 1. The highest BCUT2D eigenvalue weighted by Crippen LogP contribution is 2.14.